The first-order valence-corrected chi connectivity index (χ1v) is 7.84. The standard InChI is InChI=1S/C16H16BrClFN/c17-16-10-14(19)7-6-13(16)11-20-15-5-1-3-12(9-15)4-2-8-18/h1,3,5-7,9-10,20H,2,4,8,11H2. The highest BCUT2D eigenvalue weighted by molar-refractivity contribution is 9.10. The molecule has 20 heavy (non-hydrogen) atoms. The van der Waals surface area contributed by atoms with Crippen molar-refractivity contribution in [2.24, 2.45) is 0 Å². The molecule has 0 fully saturated rings. The lowest BCUT2D eigenvalue weighted by molar-refractivity contribution is 0.626. The van der Waals surface area contributed by atoms with Crippen LogP contribution in [0.4, 0.5) is 10.1 Å². The summed E-state index contributed by atoms with van der Waals surface area (Å²) >= 11 is 9.09. The molecule has 1 N–H and O–H groups in total. The van der Waals surface area contributed by atoms with Gasteiger partial charge in [-0.15, -0.1) is 11.6 Å². The average molecular weight is 357 g/mol. The van der Waals surface area contributed by atoms with Gasteiger partial charge in [-0.25, -0.2) is 4.39 Å². The van der Waals surface area contributed by atoms with Crippen molar-refractivity contribution in [3.8, 4) is 0 Å². The van der Waals surface area contributed by atoms with Crippen LogP contribution in [0.2, 0.25) is 0 Å². The molecule has 0 spiro atoms. The van der Waals surface area contributed by atoms with E-state index in [1.54, 1.807) is 6.07 Å². The summed E-state index contributed by atoms with van der Waals surface area (Å²) in [6.07, 6.45) is 1.97. The predicted octanol–water partition coefficient (Wildman–Crippen LogP) is 5.37. The molecule has 0 amide bonds. The van der Waals surface area contributed by atoms with Gasteiger partial charge >= 0.3 is 0 Å². The van der Waals surface area contributed by atoms with Crippen LogP contribution in [0.5, 0.6) is 0 Å². The van der Waals surface area contributed by atoms with E-state index in [0.717, 1.165) is 28.6 Å². The van der Waals surface area contributed by atoms with Crippen LogP contribution < -0.4 is 5.32 Å². The molecule has 106 valence electrons. The zero-order valence-electron chi connectivity index (χ0n) is 11.0. The highest BCUT2D eigenvalue weighted by Crippen LogP contribution is 2.20. The van der Waals surface area contributed by atoms with Gasteiger partial charge < -0.3 is 5.32 Å². The van der Waals surface area contributed by atoms with E-state index < -0.39 is 0 Å². The molecule has 0 aliphatic rings. The topological polar surface area (TPSA) is 12.0 Å². The summed E-state index contributed by atoms with van der Waals surface area (Å²) in [5, 5.41) is 3.35. The highest BCUT2D eigenvalue weighted by atomic mass is 79.9. The van der Waals surface area contributed by atoms with Crippen LogP contribution in [-0.4, -0.2) is 5.88 Å². The Labute approximate surface area is 132 Å². The number of nitrogens with one attached hydrogen (secondary N) is 1. The molecule has 0 radical (unpaired) electrons. The van der Waals surface area contributed by atoms with Gasteiger partial charge in [-0.1, -0.05) is 34.1 Å². The third kappa shape index (κ3) is 4.50. The Balaban J connectivity index is 1.99. The molecule has 2 rings (SSSR count). The number of aryl methyl sites for hydroxylation is 1. The number of alkyl halides is 1. The highest BCUT2D eigenvalue weighted by Gasteiger charge is 2.02. The molecule has 2 aromatic carbocycles. The second-order valence-electron chi connectivity index (χ2n) is 4.58. The van der Waals surface area contributed by atoms with Crippen LogP contribution >= 0.6 is 27.5 Å². The van der Waals surface area contributed by atoms with Crippen molar-refractivity contribution in [1.82, 2.24) is 0 Å². The average Bonchev–Trinajstić information content (AvgIpc) is 2.45. The van der Waals surface area contributed by atoms with E-state index in [4.69, 9.17) is 11.6 Å². The second-order valence-corrected chi connectivity index (χ2v) is 5.81. The van der Waals surface area contributed by atoms with Crippen molar-refractivity contribution in [2.75, 3.05) is 11.2 Å². The van der Waals surface area contributed by atoms with Crippen molar-refractivity contribution in [1.29, 1.82) is 0 Å². The lowest BCUT2D eigenvalue weighted by Gasteiger charge is -2.10. The summed E-state index contributed by atoms with van der Waals surface area (Å²) in [4.78, 5) is 0. The quantitative estimate of drug-likeness (QED) is 0.686. The molecule has 4 heteroatoms. The maximum absolute atomic E-state index is 13.0. The Morgan fingerprint density at radius 1 is 1.15 bits per heavy atom. The molecule has 0 unspecified atom stereocenters. The monoisotopic (exact) mass is 355 g/mol. The molecule has 0 heterocycles. The minimum absolute atomic E-state index is 0.233. The van der Waals surface area contributed by atoms with E-state index in [9.17, 15) is 4.39 Å². The Kier molecular flexibility index (Phi) is 5.86. The van der Waals surface area contributed by atoms with Gasteiger partial charge in [0.1, 0.15) is 5.82 Å². The fourth-order valence-corrected chi connectivity index (χ4v) is 2.59. The third-order valence-electron chi connectivity index (χ3n) is 3.02. The minimum Gasteiger partial charge on any atom is -0.381 e. The van der Waals surface area contributed by atoms with Gasteiger partial charge in [0.05, 0.1) is 0 Å². The fraction of sp³-hybridized carbons (Fsp3) is 0.250. The maximum Gasteiger partial charge on any atom is 0.124 e. The lowest BCUT2D eigenvalue weighted by Crippen LogP contribution is -2.01. The molecule has 0 aliphatic carbocycles. The molecule has 0 saturated carbocycles. The summed E-state index contributed by atoms with van der Waals surface area (Å²) in [5.41, 5.74) is 3.36. The second kappa shape index (κ2) is 7.65. The Morgan fingerprint density at radius 2 is 2.00 bits per heavy atom. The minimum atomic E-state index is -0.233. The van der Waals surface area contributed by atoms with Crippen molar-refractivity contribution >= 4 is 33.2 Å². The summed E-state index contributed by atoms with van der Waals surface area (Å²) in [6.45, 7) is 0.653. The molecular formula is C16H16BrClFN. The van der Waals surface area contributed by atoms with E-state index >= 15 is 0 Å². The third-order valence-corrected chi connectivity index (χ3v) is 4.03. The van der Waals surface area contributed by atoms with Crippen LogP contribution in [0.25, 0.3) is 0 Å². The first-order valence-electron chi connectivity index (χ1n) is 6.52. The van der Waals surface area contributed by atoms with Crippen LogP contribution in [0, 0.1) is 5.82 Å². The number of hydrogen-bond donors (Lipinski definition) is 1. The van der Waals surface area contributed by atoms with Gasteiger partial charge in [0, 0.05) is 22.6 Å². The normalized spacial score (nSPS) is 10.6. The van der Waals surface area contributed by atoms with Crippen molar-refractivity contribution < 1.29 is 4.39 Å². The van der Waals surface area contributed by atoms with Crippen molar-refractivity contribution in [3.05, 3.63) is 63.9 Å². The van der Waals surface area contributed by atoms with Crippen molar-refractivity contribution in [3.63, 3.8) is 0 Å². The lowest BCUT2D eigenvalue weighted by atomic mass is 10.1. The van der Waals surface area contributed by atoms with Crippen LogP contribution in [0.15, 0.2) is 46.9 Å². The summed E-state index contributed by atoms with van der Waals surface area (Å²) in [6, 6.07) is 13.0. The van der Waals surface area contributed by atoms with Crippen molar-refractivity contribution in [2.45, 2.75) is 19.4 Å². The summed E-state index contributed by atoms with van der Waals surface area (Å²) in [5.74, 6) is 0.448. The Hall–Kier alpha value is -1.06. The molecule has 2 aromatic rings. The predicted molar refractivity (Wildman–Crippen MR) is 86.9 cm³/mol. The largest absolute Gasteiger partial charge is 0.381 e. The van der Waals surface area contributed by atoms with E-state index in [1.165, 1.54) is 17.7 Å². The number of hydrogen-bond acceptors (Lipinski definition) is 1. The number of anilines is 1. The van der Waals surface area contributed by atoms with Gasteiger partial charge in [-0.2, -0.15) is 0 Å². The van der Waals surface area contributed by atoms with Gasteiger partial charge in [0.2, 0.25) is 0 Å². The molecule has 0 saturated heterocycles. The van der Waals surface area contributed by atoms with E-state index in [2.05, 4.69) is 33.4 Å². The van der Waals surface area contributed by atoms with Crippen LogP contribution in [0.3, 0.4) is 0 Å². The van der Waals surface area contributed by atoms with Crippen LogP contribution in [0.1, 0.15) is 17.5 Å². The maximum atomic E-state index is 13.0. The number of halogens is 3. The molecule has 1 nitrogen and oxygen atoms in total. The zero-order chi connectivity index (χ0) is 14.4. The van der Waals surface area contributed by atoms with Gasteiger partial charge in [0.15, 0.2) is 0 Å². The van der Waals surface area contributed by atoms with Gasteiger partial charge in [-0.05, 0) is 48.2 Å². The molecule has 0 aromatic heterocycles. The summed E-state index contributed by atoms with van der Waals surface area (Å²) < 4.78 is 13.8. The van der Waals surface area contributed by atoms with Crippen LogP contribution in [-0.2, 0) is 13.0 Å². The summed E-state index contributed by atoms with van der Waals surface area (Å²) in [7, 11) is 0. The number of benzene rings is 2. The Bertz CT molecular complexity index is 574. The van der Waals surface area contributed by atoms with E-state index in [1.807, 2.05) is 12.1 Å². The molecule has 0 atom stereocenters. The Morgan fingerprint density at radius 3 is 2.75 bits per heavy atom. The fourth-order valence-electron chi connectivity index (χ4n) is 1.97. The smallest absolute Gasteiger partial charge is 0.124 e. The first kappa shape index (κ1) is 15.3. The van der Waals surface area contributed by atoms with E-state index in [-0.39, 0.29) is 5.82 Å². The number of rotatable bonds is 6. The van der Waals surface area contributed by atoms with Gasteiger partial charge in [0.25, 0.3) is 0 Å². The molecular weight excluding hydrogens is 341 g/mol. The molecule has 0 aliphatic heterocycles. The SMILES string of the molecule is Fc1ccc(CNc2cccc(CCCCl)c2)c(Br)c1. The molecule has 0 bridgehead atoms. The van der Waals surface area contributed by atoms with Gasteiger partial charge in [-0.3, -0.25) is 0 Å². The van der Waals surface area contributed by atoms with E-state index in [0.29, 0.717) is 12.4 Å². The first-order chi connectivity index (χ1) is 9.69. The zero-order valence-corrected chi connectivity index (χ0v) is 13.3.